The van der Waals surface area contributed by atoms with Crippen LogP contribution in [0.1, 0.15) is 18.1 Å². The monoisotopic (exact) mass is 700 g/mol. The summed E-state index contributed by atoms with van der Waals surface area (Å²) in [6.45, 7) is 6.57. The van der Waals surface area contributed by atoms with Gasteiger partial charge in [-0.25, -0.2) is 19.4 Å². The van der Waals surface area contributed by atoms with Gasteiger partial charge in [0.2, 0.25) is 5.96 Å². The number of guanidine groups is 1. The summed E-state index contributed by atoms with van der Waals surface area (Å²) in [6.07, 6.45) is -2.67. The molecule has 52 heavy (non-hydrogen) atoms. The Kier molecular flexibility index (Phi) is 12.4. The van der Waals surface area contributed by atoms with Crippen LogP contribution in [0.25, 0.3) is 54.2 Å². The summed E-state index contributed by atoms with van der Waals surface area (Å²) in [6, 6.07) is 37.4. The SMILES string of the molecule is CCOc1ccc(N=C(N)NC(N)=O)c(-c2cc(C)cc(C)c2)c1.NC(=O)O.NC(=O)O.c1cc2cccc3c4cccc5cccc(c(c1)c23)c54. The fourth-order valence-corrected chi connectivity index (χ4v) is 6.09. The largest absolute Gasteiger partial charge is 0.494 e. The van der Waals surface area contributed by atoms with Crippen LogP contribution in [0, 0.1) is 13.8 Å². The lowest BCUT2D eigenvalue weighted by molar-refractivity contribution is 0.204. The molecular formula is C40H40N6O6. The van der Waals surface area contributed by atoms with Gasteiger partial charge in [-0.1, -0.05) is 102 Å². The molecule has 12 heteroatoms. The summed E-state index contributed by atoms with van der Waals surface area (Å²) in [4.78, 5) is 32.7. The number of aliphatic imine (C=N–C) groups is 1. The summed E-state index contributed by atoms with van der Waals surface area (Å²) < 4.78 is 5.58. The lowest BCUT2D eigenvalue weighted by Gasteiger charge is -2.13. The van der Waals surface area contributed by atoms with Gasteiger partial charge in [-0.3, -0.25) is 5.32 Å². The van der Waals surface area contributed by atoms with Gasteiger partial charge in [0, 0.05) is 5.56 Å². The highest BCUT2D eigenvalue weighted by Gasteiger charge is 2.12. The molecule has 0 fully saturated rings. The van der Waals surface area contributed by atoms with Crippen molar-refractivity contribution >= 4 is 73.0 Å². The highest BCUT2D eigenvalue weighted by Crippen LogP contribution is 2.40. The number of carbonyl (C=O) groups excluding carboxylic acids is 1. The molecule has 0 saturated carbocycles. The van der Waals surface area contributed by atoms with Crippen LogP contribution in [0.15, 0.2) is 114 Å². The van der Waals surface area contributed by atoms with Gasteiger partial charge in [-0.2, -0.15) is 0 Å². The zero-order valence-corrected chi connectivity index (χ0v) is 28.9. The molecular weight excluding hydrogens is 660 g/mol. The predicted molar refractivity (Wildman–Crippen MR) is 209 cm³/mol. The van der Waals surface area contributed by atoms with Gasteiger partial charge >= 0.3 is 18.2 Å². The van der Waals surface area contributed by atoms with Crippen LogP contribution >= 0.6 is 0 Å². The van der Waals surface area contributed by atoms with E-state index < -0.39 is 18.2 Å². The summed E-state index contributed by atoms with van der Waals surface area (Å²) >= 11 is 0. The van der Waals surface area contributed by atoms with Crippen molar-refractivity contribution in [3.05, 3.63) is 120 Å². The maximum Gasteiger partial charge on any atom is 0.402 e. The molecule has 0 atom stereocenters. The summed E-state index contributed by atoms with van der Waals surface area (Å²) in [5.74, 6) is 0.685. The third kappa shape index (κ3) is 9.54. The number of nitrogens with two attached hydrogens (primary N) is 4. The lowest BCUT2D eigenvalue weighted by atomic mass is 9.90. The molecule has 0 aliphatic rings. The average Bonchev–Trinajstić information content (AvgIpc) is 3.07. The smallest absolute Gasteiger partial charge is 0.402 e. The molecule has 0 heterocycles. The number of fused-ring (bicyclic) bond motifs is 2. The summed E-state index contributed by atoms with van der Waals surface area (Å²) in [7, 11) is 0. The van der Waals surface area contributed by atoms with Crippen molar-refractivity contribution < 1.29 is 29.3 Å². The Morgan fingerprint density at radius 1 is 0.654 bits per heavy atom. The number of ether oxygens (including phenoxy) is 1. The van der Waals surface area contributed by atoms with E-state index in [2.05, 4.69) is 113 Å². The van der Waals surface area contributed by atoms with Gasteiger partial charge in [0.1, 0.15) is 5.75 Å². The second-order valence-corrected chi connectivity index (χ2v) is 11.6. The molecule has 11 N–H and O–H groups in total. The fourth-order valence-electron chi connectivity index (χ4n) is 6.09. The van der Waals surface area contributed by atoms with Gasteiger partial charge in [0.15, 0.2) is 0 Å². The van der Waals surface area contributed by atoms with Crippen molar-refractivity contribution in [1.82, 2.24) is 5.32 Å². The molecule has 4 amide bonds. The number of primary amides is 3. The Bertz CT molecular complexity index is 2200. The number of aryl methyl sites for hydroxylation is 2. The molecule has 12 nitrogen and oxygen atoms in total. The average molecular weight is 701 g/mol. The van der Waals surface area contributed by atoms with E-state index in [1.54, 1.807) is 6.07 Å². The standard InChI is InChI=1S/C20H12.C18H22N4O2.2CH3NO2/c1-5-13-6-2-11-17-18-12-4-8-14-7-3-10-16(20(14)18)15(9-1)19(13)17;1-4-24-14-5-6-16(21-17(19)22-18(20)23)15(10-14)13-8-11(2)7-12(3)9-13;2*2-1(3)4/h1-12H;5-10H,4H2,1-3H3,(H5,19,20,21,22,23);2*2H2,(H,3,4). The second-order valence-electron chi connectivity index (χ2n) is 11.6. The fraction of sp³-hybridized carbons (Fsp3) is 0.100. The molecule has 7 aromatic carbocycles. The number of carbonyl (C=O) groups is 3. The van der Waals surface area contributed by atoms with Crippen LogP contribution in [0.2, 0.25) is 0 Å². The second kappa shape index (κ2) is 17.0. The Labute approximate surface area is 299 Å². The van der Waals surface area contributed by atoms with Gasteiger partial charge < -0.3 is 37.9 Å². The summed E-state index contributed by atoms with van der Waals surface area (Å²) in [5.41, 5.74) is 23.6. The first-order valence-corrected chi connectivity index (χ1v) is 16.1. The summed E-state index contributed by atoms with van der Waals surface area (Å²) in [5, 5.41) is 27.5. The van der Waals surface area contributed by atoms with E-state index in [1.165, 1.54) is 43.1 Å². The predicted octanol–water partition coefficient (Wildman–Crippen LogP) is 7.97. The van der Waals surface area contributed by atoms with Crippen molar-refractivity contribution in [2.24, 2.45) is 27.9 Å². The van der Waals surface area contributed by atoms with Gasteiger partial charge in [0.05, 0.1) is 12.3 Å². The van der Waals surface area contributed by atoms with Crippen LogP contribution in [0.3, 0.4) is 0 Å². The van der Waals surface area contributed by atoms with E-state index in [1.807, 2.05) is 32.9 Å². The van der Waals surface area contributed by atoms with Crippen LogP contribution in [-0.2, 0) is 0 Å². The number of nitrogens with zero attached hydrogens (tertiary/aromatic N) is 1. The number of urea groups is 1. The maximum atomic E-state index is 10.9. The number of nitrogens with one attached hydrogen (secondary N) is 1. The van der Waals surface area contributed by atoms with E-state index in [0.29, 0.717) is 12.3 Å². The van der Waals surface area contributed by atoms with E-state index in [-0.39, 0.29) is 5.96 Å². The number of hydrogen-bond donors (Lipinski definition) is 7. The quantitative estimate of drug-likeness (QED) is 0.0414. The zero-order valence-electron chi connectivity index (χ0n) is 28.9. The minimum atomic E-state index is -1.33. The Hall–Kier alpha value is -7.08. The van der Waals surface area contributed by atoms with Crippen molar-refractivity contribution in [3.63, 3.8) is 0 Å². The van der Waals surface area contributed by atoms with Crippen LogP contribution in [0.4, 0.5) is 20.1 Å². The van der Waals surface area contributed by atoms with Gasteiger partial charge in [-0.15, -0.1) is 0 Å². The van der Waals surface area contributed by atoms with E-state index >= 15 is 0 Å². The Morgan fingerprint density at radius 2 is 1.08 bits per heavy atom. The van der Waals surface area contributed by atoms with Gasteiger partial charge in [-0.05, 0) is 87.6 Å². The first-order valence-electron chi connectivity index (χ1n) is 16.1. The topological polar surface area (TPSA) is 229 Å². The first-order chi connectivity index (χ1) is 24.8. The molecule has 0 saturated heterocycles. The van der Waals surface area contributed by atoms with Crippen LogP contribution in [0.5, 0.6) is 5.75 Å². The highest BCUT2D eigenvalue weighted by molar-refractivity contribution is 6.32. The van der Waals surface area contributed by atoms with Crippen LogP contribution < -0.4 is 33.0 Å². The number of carboxylic acid groups (broad SMARTS) is 2. The number of amides is 4. The minimum Gasteiger partial charge on any atom is -0.494 e. The van der Waals surface area contributed by atoms with Crippen molar-refractivity contribution in [3.8, 4) is 16.9 Å². The molecule has 7 aromatic rings. The number of benzene rings is 7. The Balaban J connectivity index is 0.000000194. The van der Waals surface area contributed by atoms with E-state index in [0.717, 1.165) is 28.0 Å². The molecule has 0 aromatic heterocycles. The van der Waals surface area contributed by atoms with Crippen molar-refractivity contribution in [2.75, 3.05) is 6.61 Å². The highest BCUT2D eigenvalue weighted by atomic mass is 16.5. The normalized spacial score (nSPS) is 10.7. The molecule has 0 unspecified atom stereocenters. The molecule has 0 radical (unpaired) electrons. The van der Waals surface area contributed by atoms with Gasteiger partial charge in [0.25, 0.3) is 0 Å². The number of hydrogen-bond acceptors (Lipinski definition) is 5. The van der Waals surface area contributed by atoms with Crippen molar-refractivity contribution in [2.45, 2.75) is 20.8 Å². The van der Waals surface area contributed by atoms with Crippen molar-refractivity contribution in [1.29, 1.82) is 0 Å². The first kappa shape index (κ1) is 37.7. The van der Waals surface area contributed by atoms with Crippen LogP contribution in [-0.4, -0.2) is 41.0 Å². The molecule has 0 spiro atoms. The molecule has 266 valence electrons. The minimum absolute atomic E-state index is 0.0581. The molecule has 0 aliphatic heterocycles. The number of rotatable bonds is 4. The Morgan fingerprint density at radius 3 is 1.46 bits per heavy atom. The zero-order chi connectivity index (χ0) is 37.9. The molecule has 0 aliphatic carbocycles. The third-order valence-corrected chi connectivity index (χ3v) is 7.69. The maximum absolute atomic E-state index is 10.9. The molecule has 7 rings (SSSR count). The van der Waals surface area contributed by atoms with E-state index in [4.69, 9.17) is 36.0 Å². The van der Waals surface area contributed by atoms with E-state index in [9.17, 15) is 4.79 Å². The third-order valence-electron chi connectivity index (χ3n) is 7.69. The lowest BCUT2D eigenvalue weighted by Crippen LogP contribution is -2.39. The molecule has 0 bridgehead atoms.